The number of carbonyl (C=O) groups is 1. The topological polar surface area (TPSA) is 35.9 Å². The fourth-order valence-electron chi connectivity index (χ4n) is 1.85. The summed E-state index contributed by atoms with van der Waals surface area (Å²) in [6, 6.07) is 8.10. The van der Waals surface area contributed by atoms with Crippen molar-refractivity contribution in [3.63, 3.8) is 0 Å². The second kappa shape index (κ2) is 5.44. The van der Waals surface area contributed by atoms with E-state index in [0.29, 0.717) is 5.88 Å². The lowest BCUT2D eigenvalue weighted by Crippen LogP contribution is -2.48. The molecule has 1 heterocycles. The second-order valence-electron chi connectivity index (χ2n) is 4.07. The van der Waals surface area contributed by atoms with Crippen LogP contribution in [0.3, 0.4) is 0 Å². The summed E-state index contributed by atoms with van der Waals surface area (Å²) in [5.74, 6) is 0.612. The summed E-state index contributed by atoms with van der Waals surface area (Å²) in [5, 5.41) is 0.765. The van der Waals surface area contributed by atoms with Gasteiger partial charge in [0.25, 0.3) is 0 Å². The molecule has 1 aliphatic rings. The van der Waals surface area contributed by atoms with Crippen LogP contribution in [0.15, 0.2) is 29.3 Å². The summed E-state index contributed by atoms with van der Waals surface area (Å²) in [6.45, 7) is 2.12. The molecule has 1 saturated heterocycles. The molecule has 1 aromatic carbocycles. The third-order valence-electron chi connectivity index (χ3n) is 2.98. The van der Waals surface area contributed by atoms with Crippen LogP contribution < -0.4 is 4.90 Å². The van der Waals surface area contributed by atoms with E-state index in [0.717, 1.165) is 17.3 Å². The molecule has 18 heavy (non-hydrogen) atoms. The molecule has 2 rings (SSSR count). The number of anilines is 1. The zero-order valence-corrected chi connectivity index (χ0v) is 11.7. The largest absolute Gasteiger partial charge is 0.331 e. The van der Waals surface area contributed by atoms with Crippen LogP contribution in [0, 0.1) is 0 Å². The maximum atomic E-state index is 12.2. The Balaban J connectivity index is 2.21. The van der Waals surface area contributed by atoms with Crippen LogP contribution in [0.4, 0.5) is 10.5 Å². The van der Waals surface area contributed by atoms with Gasteiger partial charge in [0.2, 0.25) is 0 Å². The molecule has 0 atom stereocenters. The first-order valence-corrected chi connectivity index (χ1v) is 6.89. The zero-order valence-electron chi connectivity index (χ0n) is 10.9. The Morgan fingerprint density at radius 2 is 2.00 bits per heavy atom. The van der Waals surface area contributed by atoms with Gasteiger partial charge in [-0.25, -0.2) is 4.79 Å². The Kier molecular flexibility index (Phi) is 3.91. The number of hydrogen-bond donors (Lipinski definition) is 0. The van der Waals surface area contributed by atoms with Gasteiger partial charge in [0.15, 0.2) is 5.17 Å². The van der Waals surface area contributed by atoms with Gasteiger partial charge in [-0.05, 0) is 24.1 Å². The zero-order chi connectivity index (χ0) is 13.1. The molecule has 0 radical (unpaired) electrons. The number of amides is 2. The van der Waals surface area contributed by atoms with Crippen LogP contribution in [-0.4, -0.2) is 36.1 Å². The lowest BCUT2D eigenvalue weighted by molar-refractivity contribution is 0.233. The van der Waals surface area contributed by atoms with Crippen molar-refractivity contribution in [3.8, 4) is 0 Å². The molecule has 0 aromatic heterocycles. The fraction of sp³-hybridized carbons (Fsp3) is 0.385. The minimum Gasteiger partial charge on any atom is -0.284 e. The highest BCUT2D eigenvalue weighted by Gasteiger charge is 2.28. The number of urea groups is 1. The van der Waals surface area contributed by atoms with Gasteiger partial charge in [-0.2, -0.15) is 0 Å². The van der Waals surface area contributed by atoms with Gasteiger partial charge < -0.3 is 0 Å². The van der Waals surface area contributed by atoms with Gasteiger partial charge >= 0.3 is 6.03 Å². The van der Waals surface area contributed by atoms with Crippen LogP contribution in [0.1, 0.15) is 12.5 Å². The number of aryl methyl sites for hydroxylation is 1. The van der Waals surface area contributed by atoms with Crippen molar-refractivity contribution in [2.45, 2.75) is 13.3 Å². The monoisotopic (exact) mass is 263 g/mol. The van der Waals surface area contributed by atoms with Gasteiger partial charge in [-0.1, -0.05) is 30.8 Å². The quantitative estimate of drug-likeness (QED) is 0.822. The molecule has 5 heteroatoms. The Morgan fingerprint density at radius 1 is 1.33 bits per heavy atom. The normalized spacial score (nSPS) is 18.6. The molecular formula is C13H17N3OS. The van der Waals surface area contributed by atoms with Crippen molar-refractivity contribution in [1.82, 2.24) is 4.90 Å². The van der Waals surface area contributed by atoms with E-state index in [4.69, 9.17) is 0 Å². The number of aliphatic imine (C=N–C) groups is 1. The summed E-state index contributed by atoms with van der Waals surface area (Å²) in [5.41, 5.74) is 2.21. The van der Waals surface area contributed by atoms with Gasteiger partial charge in [0, 0.05) is 19.8 Å². The average Bonchev–Trinajstić information content (AvgIpc) is 2.42. The molecule has 1 aromatic rings. The Hall–Kier alpha value is -1.49. The van der Waals surface area contributed by atoms with E-state index in [1.165, 1.54) is 5.56 Å². The lowest BCUT2D eigenvalue weighted by Gasteiger charge is -2.33. The van der Waals surface area contributed by atoms with Crippen LogP contribution in [-0.2, 0) is 6.42 Å². The smallest absolute Gasteiger partial charge is 0.284 e. The van der Waals surface area contributed by atoms with Crippen molar-refractivity contribution >= 4 is 28.6 Å². The van der Waals surface area contributed by atoms with E-state index in [-0.39, 0.29) is 6.03 Å². The van der Waals surface area contributed by atoms with Crippen molar-refractivity contribution in [2.24, 2.45) is 4.99 Å². The minimum atomic E-state index is -0.0291. The number of carbonyl (C=O) groups excluding carboxylic acids is 1. The minimum absolute atomic E-state index is 0.0291. The molecule has 0 aliphatic carbocycles. The fourth-order valence-corrected chi connectivity index (χ4v) is 2.75. The van der Waals surface area contributed by atoms with E-state index in [2.05, 4.69) is 24.0 Å². The first kappa shape index (κ1) is 13.0. The first-order chi connectivity index (χ1) is 8.67. The standard InChI is InChI=1S/C13H17N3OS/c1-4-10-5-7-11(8-6-10)16-9-18-12(14-2)15(3)13(16)17/h5-8H,4,9H2,1-3H3. The second-order valence-corrected chi connectivity index (χ2v) is 4.98. The van der Waals surface area contributed by atoms with Gasteiger partial charge in [-0.3, -0.25) is 14.8 Å². The third kappa shape index (κ3) is 2.36. The number of amidine groups is 1. The van der Waals surface area contributed by atoms with E-state index in [9.17, 15) is 4.79 Å². The highest BCUT2D eigenvalue weighted by Crippen LogP contribution is 2.25. The van der Waals surface area contributed by atoms with E-state index in [1.54, 1.807) is 35.7 Å². The van der Waals surface area contributed by atoms with Gasteiger partial charge in [0.1, 0.15) is 0 Å². The predicted octanol–water partition coefficient (Wildman–Crippen LogP) is 2.80. The van der Waals surface area contributed by atoms with Crippen molar-refractivity contribution in [1.29, 1.82) is 0 Å². The first-order valence-electron chi connectivity index (χ1n) is 5.91. The molecule has 4 nitrogen and oxygen atoms in total. The summed E-state index contributed by atoms with van der Waals surface area (Å²) in [4.78, 5) is 19.6. The van der Waals surface area contributed by atoms with Gasteiger partial charge in [0.05, 0.1) is 5.88 Å². The van der Waals surface area contributed by atoms with Crippen molar-refractivity contribution < 1.29 is 4.79 Å². The highest BCUT2D eigenvalue weighted by atomic mass is 32.2. The van der Waals surface area contributed by atoms with Gasteiger partial charge in [-0.15, -0.1) is 0 Å². The van der Waals surface area contributed by atoms with E-state index < -0.39 is 0 Å². The Labute approximate surface area is 112 Å². The van der Waals surface area contributed by atoms with Crippen LogP contribution in [0.2, 0.25) is 0 Å². The highest BCUT2D eigenvalue weighted by molar-refractivity contribution is 8.14. The molecule has 0 saturated carbocycles. The van der Waals surface area contributed by atoms with E-state index >= 15 is 0 Å². The molecule has 0 N–H and O–H groups in total. The summed E-state index contributed by atoms with van der Waals surface area (Å²) >= 11 is 1.57. The molecule has 96 valence electrons. The van der Waals surface area contributed by atoms with Crippen molar-refractivity contribution in [3.05, 3.63) is 29.8 Å². The summed E-state index contributed by atoms with van der Waals surface area (Å²) < 4.78 is 0. The maximum absolute atomic E-state index is 12.2. The number of benzene rings is 1. The van der Waals surface area contributed by atoms with E-state index in [1.807, 2.05) is 12.1 Å². The van der Waals surface area contributed by atoms with Crippen LogP contribution >= 0.6 is 11.8 Å². The molecule has 0 bridgehead atoms. The third-order valence-corrected chi connectivity index (χ3v) is 4.08. The number of rotatable bonds is 2. The SMILES string of the molecule is CCc1ccc(N2CSC(=NC)N(C)C2=O)cc1. The molecule has 2 amide bonds. The Bertz CT molecular complexity index is 470. The maximum Gasteiger partial charge on any atom is 0.331 e. The molecule has 1 aliphatic heterocycles. The molecule has 1 fully saturated rings. The summed E-state index contributed by atoms with van der Waals surface area (Å²) in [7, 11) is 3.46. The van der Waals surface area contributed by atoms with Crippen LogP contribution in [0.5, 0.6) is 0 Å². The van der Waals surface area contributed by atoms with Crippen molar-refractivity contribution in [2.75, 3.05) is 24.9 Å². The predicted molar refractivity (Wildman–Crippen MR) is 77.3 cm³/mol. The summed E-state index contributed by atoms with van der Waals surface area (Å²) in [6.07, 6.45) is 1.01. The number of hydrogen-bond acceptors (Lipinski definition) is 3. The number of thioether (sulfide) groups is 1. The lowest BCUT2D eigenvalue weighted by atomic mass is 10.1. The molecule has 0 unspecified atom stereocenters. The van der Waals surface area contributed by atoms with Crippen LogP contribution in [0.25, 0.3) is 0 Å². The molecular weight excluding hydrogens is 246 g/mol. The average molecular weight is 263 g/mol. The number of nitrogens with zero attached hydrogens (tertiary/aromatic N) is 3. The Morgan fingerprint density at radius 3 is 2.56 bits per heavy atom. The molecule has 0 spiro atoms.